The summed E-state index contributed by atoms with van der Waals surface area (Å²) in [5, 5.41) is 6.79. The Morgan fingerprint density at radius 1 is 1.29 bits per heavy atom. The second-order valence-corrected chi connectivity index (χ2v) is 9.18. The van der Waals surface area contributed by atoms with Crippen LogP contribution in [0, 0.1) is 19.7 Å². The molecule has 176 valence electrons. The topological polar surface area (TPSA) is 102 Å². The van der Waals surface area contributed by atoms with Crippen LogP contribution in [-0.4, -0.2) is 39.8 Å². The van der Waals surface area contributed by atoms with Gasteiger partial charge in [0.1, 0.15) is 11.4 Å². The Hall–Kier alpha value is -3.59. The molecule has 3 heterocycles. The fourth-order valence-electron chi connectivity index (χ4n) is 4.78. The normalized spacial score (nSPS) is 19.5. The van der Waals surface area contributed by atoms with E-state index in [1.165, 1.54) is 27.9 Å². The van der Waals surface area contributed by atoms with Crippen LogP contribution < -0.4 is 11.1 Å². The highest BCUT2D eigenvalue weighted by Crippen LogP contribution is 2.45. The lowest BCUT2D eigenvalue weighted by Crippen LogP contribution is -2.53. The standard InChI is InChI=1S/C24H23ClFN5O3/c1-13-4-5-14(2)18(10-13)31-21(27)15(11-28-31)22(32)30-9-3-8-24(12-30)19-17(29-23(33)34-24)7-6-16(25)20(19)26/h4-7,10-11H,3,8-9,12,27H2,1-2H3,(H,29,33)/t24-/m0/s1. The van der Waals surface area contributed by atoms with Gasteiger partial charge < -0.3 is 15.4 Å². The van der Waals surface area contributed by atoms with Gasteiger partial charge in [0.2, 0.25) is 0 Å². The first-order valence-electron chi connectivity index (χ1n) is 10.9. The Bertz CT molecular complexity index is 1340. The van der Waals surface area contributed by atoms with E-state index in [1.807, 2.05) is 32.0 Å². The second kappa shape index (κ2) is 8.02. The van der Waals surface area contributed by atoms with E-state index in [1.54, 1.807) is 0 Å². The number of aromatic nitrogens is 2. The van der Waals surface area contributed by atoms with Crippen molar-refractivity contribution in [1.29, 1.82) is 0 Å². The monoisotopic (exact) mass is 483 g/mol. The molecular weight excluding hydrogens is 461 g/mol. The van der Waals surface area contributed by atoms with E-state index in [4.69, 9.17) is 22.1 Å². The van der Waals surface area contributed by atoms with Crippen molar-refractivity contribution in [3.8, 4) is 5.69 Å². The number of rotatable bonds is 2. The minimum Gasteiger partial charge on any atom is -0.436 e. The lowest BCUT2D eigenvalue weighted by Gasteiger charge is -2.45. The number of hydrogen-bond donors (Lipinski definition) is 2. The molecule has 2 aliphatic heterocycles. The predicted octanol–water partition coefficient (Wildman–Crippen LogP) is 4.56. The molecule has 1 saturated heterocycles. The Labute approximate surface area is 200 Å². The van der Waals surface area contributed by atoms with Gasteiger partial charge in [-0.1, -0.05) is 23.7 Å². The molecule has 0 bridgehead atoms. The summed E-state index contributed by atoms with van der Waals surface area (Å²) in [5.41, 5.74) is 8.45. The van der Waals surface area contributed by atoms with Crippen LogP contribution in [0.4, 0.5) is 20.7 Å². The first kappa shape index (κ1) is 22.2. The van der Waals surface area contributed by atoms with Crippen molar-refractivity contribution < 1.29 is 18.7 Å². The fraction of sp³-hybridized carbons (Fsp3) is 0.292. The van der Waals surface area contributed by atoms with E-state index in [-0.39, 0.29) is 40.1 Å². The third-order valence-electron chi connectivity index (χ3n) is 6.45. The number of benzene rings is 2. The SMILES string of the molecule is Cc1ccc(C)c(-n2ncc(C(=O)N3CCC[C@@]4(C3)OC(=O)Nc3ccc(Cl)c(F)c34)c2N)c1. The number of amides is 2. The van der Waals surface area contributed by atoms with E-state index >= 15 is 4.39 Å². The highest BCUT2D eigenvalue weighted by atomic mass is 35.5. The van der Waals surface area contributed by atoms with Crippen molar-refractivity contribution in [2.75, 3.05) is 24.1 Å². The quantitative estimate of drug-likeness (QED) is 0.556. The molecule has 5 rings (SSSR count). The number of anilines is 2. The number of piperidine rings is 1. The van der Waals surface area contributed by atoms with Crippen LogP contribution >= 0.6 is 11.6 Å². The first-order chi connectivity index (χ1) is 16.2. The molecule has 0 aliphatic carbocycles. The highest BCUT2D eigenvalue weighted by Gasteiger charge is 2.48. The van der Waals surface area contributed by atoms with Crippen molar-refractivity contribution in [3.05, 3.63) is 69.6 Å². The van der Waals surface area contributed by atoms with Crippen LogP contribution in [-0.2, 0) is 10.3 Å². The highest BCUT2D eigenvalue weighted by molar-refractivity contribution is 6.31. The van der Waals surface area contributed by atoms with Crippen molar-refractivity contribution in [1.82, 2.24) is 14.7 Å². The van der Waals surface area contributed by atoms with E-state index in [0.29, 0.717) is 19.4 Å². The van der Waals surface area contributed by atoms with Gasteiger partial charge in [-0.25, -0.2) is 13.9 Å². The summed E-state index contributed by atoms with van der Waals surface area (Å²) >= 11 is 6.03. The van der Waals surface area contributed by atoms with Crippen LogP contribution in [0.3, 0.4) is 0 Å². The zero-order valence-corrected chi connectivity index (χ0v) is 19.4. The van der Waals surface area contributed by atoms with Gasteiger partial charge in [-0.3, -0.25) is 10.1 Å². The van der Waals surface area contributed by atoms with Crippen LogP contribution in [0.2, 0.25) is 5.02 Å². The van der Waals surface area contributed by atoms with Crippen LogP contribution in [0.5, 0.6) is 0 Å². The molecule has 10 heteroatoms. The number of fused-ring (bicyclic) bond motifs is 2. The zero-order valence-electron chi connectivity index (χ0n) is 18.7. The van der Waals surface area contributed by atoms with Gasteiger partial charge >= 0.3 is 6.09 Å². The number of halogens is 2. The van der Waals surface area contributed by atoms with Gasteiger partial charge in [0, 0.05) is 6.54 Å². The number of likely N-dealkylation sites (tertiary alicyclic amines) is 1. The number of nitrogen functional groups attached to an aromatic ring is 1. The summed E-state index contributed by atoms with van der Waals surface area (Å²) < 4.78 is 22.3. The average molecular weight is 484 g/mol. The number of carbonyl (C=O) groups excluding carboxylic acids is 2. The third kappa shape index (κ3) is 3.47. The van der Waals surface area contributed by atoms with Crippen molar-refractivity contribution >= 4 is 35.1 Å². The number of hydrogen-bond acceptors (Lipinski definition) is 5. The summed E-state index contributed by atoms with van der Waals surface area (Å²) in [7, 11) is 0. The summed E-state index contributed by atoms with van der Waals surface area (Å²) in [6, 6.07) is 8.81. The molecule has 8 nitrogen and oxygen atoms in total. The minimum atomic E-state index is -1.35. The van der Waals surface area contributed by atoms with Crippen LogP contribution in [0.15, 0.2) is 36.5 Å². The van der Waals surface area contributed by atoms with Gasteiger partial charge in [0.05, 0.1) is 34.7 Å². The zero-order chi connectivity index (χ0) is 24.2. The van der Waals surface area contributed by atoms with E-state index in [0.717, 1.165) is 16.8 Å². The molecule has 0 unspecified atom stereocenters. The number of ether oxygens (including phenoxy) is 1. The molecule has 3 aromatic rings. The maximum Gasteiger partial charge on any atom is 0.412 e. The molecule has 3 N–H and O–H groups in total. The molecule has 1 aromatic heterocycles. The average Bonchev–Trinajstić information content (AvgIpc) is 3.18. The van der Waals surface area contributed by atoms with Crippen molar-refractivity contribution in [3.63, 3.8) is 0 Å². The molecule has 2 aliphatic rings. The van der Waals surface area contributed by atoms with E-state index < -0.39 is 17.5 Å². The van der Waals surface area contributed by atoms with Crippen molar-refractivity contribution in [2.24, 2.45) is 0 Å². The van der Waals surface area contributed by atoms with Gasteiger partial charge in [-0.15, -0.1) is 0 Å². The summed E-state index contributed by atoms with van der Waals surface area (Å²) in [4.78, 5) is 27.3. The molecule has 1 fully saturated rings. The van der Waals surface area contributed by atoms with E-state index in [9.17, 15) is 9.59 Å². The Kier molecular flexibility index (Phi) is 5.24. The maximum atomic E-state index is 15.1. The van der Waals surface area contributed by atoms with Crippen LogP contribution in [0.1, 0.15) is 39.9 Å². The van der Waals surface area contributed by atoms with Crippen molar-refractivity contribution in [2.45, 2.75) is 32.3 Å². The van der Waals surface area contributed by atoms with E-state index in [2.05, 4.69) is 10.4 Å². The molecule has 1 atom stereocenters. The van der Waals surface area contributed by atoms with Gasteiger partial charge in [0.15, 0.2) is 11.4 Å². The summed E-state index contributed by atoms with van der Waals surface area (Å²) in [6.07, 6.45) is 1.58. The third-order valence-corrected chi connectivity index (χ3v) is 6.74. The maximum absolute atomic E-state index is 15.1. The second-order valence-electron chi connectivity index (χ2n) is 8.77. The minimum absolute atomic E-state index is 0.0302. The molecular formula is C24H23ClFN5O3. The Morgan fingerprint density at radius 2 is 2.09 bits per heavy atom. The number of nitrogens with two attached hydrogens (primary N) is 1. The Balaban J connectivity index is 1.50. The molecule has 1 spiro atoms. The first-order valence-corrected chi connectivity index (χ1v) is 11.3. The predicted molar refractivity (Wildman–Crippen MR) is 126 cm³/mol. The summed E-state index contributed by atoms with van der Waals surface area (Å²) in [6.45, 7) is 4.27. The molecule has 0 radical (unpaired) electrons. The summed E-state index contributed by atoms with van der Waals surface area (Å²) in [5.74, 6) is -0.835. The number of aryl methyl sites for hydroxylation is 2. The van der Waals surface area contributed by atoms with Gasteiger partial charge in [0.25, 0.3) is 5.91 Å². The molecule has 2 aromatic carbocycles. The molecule has 34 heavy (non-hydrogen) atoms. The number of nitrogens with zero attached hydrogens (tertiary/aromatic N) is 3. The molecule has 0 saturated carbocycles. The van der Waals surface area contributed by atoms with Gasteiger partial charge in [-0.2, -0.15) is 5.10 Å². The Morgan fingerprint density at radius 3 is 2.88 bits per heavy atom. The fourth-order valence-corrected chi connectivity index (χ4v) is 4.94. The lowest BCUT2D eigenvalue weighted by molar-refractivity contribution is -0.0418. The largest absolute Gasteiger partial charge is 0.436 e. The number of nitrogens with one attached hydrogen (secondary N) is 1. The smallest absolute Gasteiger partial charge is 0.412 e. The van der Waals surface area contributed by atoms with Gasteiger partial charge in [-0.05, 0) is 56.0 Å². The lowest BCUT2D eigenvalue weighted by atomic mass is 9.83. The van der Waals surface area contributed by atoms with Crippen LogP contribution in [0.25, 0.3) is 5.69 Å². The number of carbonyl (C=O) groups is 2. The molecule has 2 amide bonds.